The average Bonchev–Trinajstić information content (AvgIpc) is 3.05. The Morgan fingerprint density at radius 3 is 2.25 bits per heavy atom. The summed E-state index contributed by atoms with van der Waals surface area (Å²) in [6, 6.07) is 0. The highest BCUT2D eigenvalue weighted by Crippen LogP contribution is 2.46. The molecule has 5 nitrogen and oxygen atoms in total. The van der Waals surface area contributed by atoms with Crippen LogP contribution in [-0.4, -0.2) is 47.4 Å². The minimum atomic E-state index is -3.47. The molecule has 0 radical (unpaired) electrons. The Morgan fingerprint density at radius 2 is 1.83 bits per heavy atom. The average molecular weight is 381 g/mol. The van der Waals surface area contributed by atoms with Crippen molar-refractivity contribution in [1.29, 1.82) is 0 Å². The summed E-state index contributed by atoms with van der Waals surface area (Å²) in [4.78, 5) is 0. The van der Waals surface area contributed by atoms with Gasteiger partial charge >= 0.3 is 0 Å². The van der Waals surface area contributed by atoms with Crippen molar-refractivity contribution in [3.63, 3.8) is 0 Å². The summed E-state index contributed by atoms with van der Waals surface area (Å²) in [6.07, 6.45) is 2.31. The van der Waals surface area contributed by atoms with Gasteiger partial charge in [-0.05, 0) is 31.5 Å². The van der Waals surface area contributed by atoms with Crippen LogP contribution in [0.2, 0.25) is 18.1 Å². The smallest absolute Gasteiger partial charge is 0.264 e. The minimum Gasteiger partial charge on any atom is -0.414 e. The molecule has 7 heteroatoms. The van der Waals surface area contributed by atoms with Crippen LogP contribution in [0.1, 0.15) is 54.4 Å². The van der Waals surface area contributed by atoms with E-state index in [-0.39, 0.29) is 28.8 Å². The summed E-state index contributed by atoms with van der Waals surface area (Å²) in [5, 5.41) is 0.156. The van der Waals surface area contributed by atoms with E-state index >= 15 is 0 Å². The van der Waals surface area contributed by atoms with Gasteiger partial charge < -0.3 is 9.16 Å². The van der Waals surface area contributed by atoms with Crippen molar-refractivity contribution in [3.05, 3.63) is 0 Å². The van der Waals surface area contributed by atoms with Gasteiger partial charge in [0.15, 0.2) is 8.32 Å². The summed E-state index contributed by atoms with van der Waals surface area (Å²) >= 11 is 0. The van der Waals surface area contributed by atoms with Gasteiger partial charge in [0.1, 0.15) is 5.60 Å². The third-order valence-electron chi connectivity index (χ3n) is 5.40. The first kappa shape index (κ1) is 22.1. The first-order valence-corrected chi connectivity index (χ1v) is 13.6. The second-order valence-electron chi connectivity index (χ2n) is 8.89. The van der Waals surface area contributed by atoms with E-state index < -0.39 is 18.4 Å². The van der Waals surface area contributed by atoms with Crippen LogP contribution in [0.4, 0.5) is 0 Å². The lowest BCUT2D eigenvalue weighted by atomic mass is 9.91. The van der Waals surface area contributed by atoms with Gasteiger partial charge in [-0.3, -0.25) is 4.18 Å². The van der Waals surface area contributed by atoms with Gasteiger partial charge in [-0.15, -0.1) is 0 Å². The number of hydrogen-bond donors (Lipinski definition) is 0. The zero-order chi connectivity index (χ0) is 19.0. The quantitative estimate of drug-likeness (QED) is 0.344. The van der Waals surface area contributed by atoms with E-state index in [4.69, 9.17) is 13.3 Å². The fourth-order valence-corrected chi connectivity index (χ4v) is 4.48. The Hall–Kier alpha value is 0.0469. The standard InChI is InChI=1S/C17H36O5SSi/c1-10-11-14(22-23(7,18)19)13(2)15-17(6,21-15)12-20-24(8,9)16(3,4)5/h13-15H,10-12H2,1-9H3/t13-,14+,15+,17+/m0/s1. The molecule has 0 amide bonds. The predicted octanol–water partition coefficient (Wildman–Crippen LogP) is 3.95. The molecule has 1 heterocycles. The zero-order valence-corrected chi connectivity index (χ0v) is 18.6. The van der Waals surface area contributed by atoms with Crippen LogP contribution < -0.4 is 0 Å². The van der Waals surface area contributed by atoms with E-state index in [1.54, 1.807) is 0 Å². The van der Waals surface area contributed by atoms with E-state index in [0.29, 0.717) is 13.0 Å². The molecule has 0 aromatic rings. The molecule has 24 heavy (non-hydrogen) atoms. The van der Waals surface area contributed by atoms with Crippen LogP contribution in [0.5, 0.6) is 0 Å². The molecule has 144 valence electrons. The van der Waals surface area contributed by atoms with Gasteiger partial charge in [-0.1, -0.05) is 41.0 Å². The number of rotatable bonds is 9. The molecule has 1 aliphatic rings. The molecule has 1 saturated heterocycles. The Balaban J connectivity index is 2.69. The molecule has 0 spiro atoms. The highest BCUT2D eigenvalue weighted by molar-refractivity contribution is 7.86. The Labute approximate surface area is 149 Å². The van der Waals surface area contributed by atoms with Gasteiger partial charge in [0.25, 0.3) is 10.1 Å². The van der Waals surface area contributed by atoms with Crippen LogP contribution in [0, 0.1) is 5.92 Å². The van der Waals surface area contributed by atoms with E-state index in [1.165, 1.54) is 0 Å². The molecule has 1 aliphatic heterocycles. The third kappa shape index (κ3) is 5.80. The molecule has 0 aromatic heterocycles. The van der Waals surface area contributed by atoms with E-state index in [1.807, 2.05) is 20.8 Å². The summed E-state index contributed by atoms with van der Waals surface area (Å²) in [7, 11) is -5.30. The normalized spacial score (nSPS) is 27.8. The molecular formula is C17H36O5SSi. The molecule has 4 atom stereocenters. The van der Waals surface area contributed by atoms with Crippen LogP contribution in [-0.2, 0) is 23.5 Å². The lowest BCUT2D eigenvalue weighted by molar-refractivity contribution is 0.120. The predicted molar refractivity (Wildman–Crippen MR) is 100 cm³/mol. The summed E-state index contributed by atoms with van der Waals surface area (Å²) < 4.78 is 40.6. The van der Waals surface area contributed by atoms with Crippen molar-refractivity contribution < 1.29 is 21.8 Å². The highest BCUT2D eigenvalue weighted by Gasteiger charge is 2.57. The molecule has 0 aromatic carbocycles. The number of hydrogen-bond acceptors (Lipinski definition) is 5. The van der Waals surface area contributed by atoms with E-state index in [0.717, 1.165) is 12.7 Å². The SMILES string of the molecule is CCC[C@@H](OS(C)(=O)=O)[C@H](C)[C@H]1O[C@]1(C)CO[Si](C)(C)C(C)(C)C. The maximum Gasteiger partial charge on any atom is 0.264 e. The number of epoxide rings is 1. The summed E-state index contributed by atoms with van der Waals surface area (Å²) in [5.41, 5.74) is -0.345. The van der Waals surface area contributed by atoms with Crippen molar-refractivity contribution >= 4 is 18.4 Å². The molecule has 0 saturated carbocycles. The van der Waals surface area contributed by atoms with Gasteiger partial charge in [0, 0.05) is 5.92 Å². The third-order valence-corrected chi connectivity index (χ3v) is 10.5. The monoisotopic (exact) mass is 380 g/mol. The molecule has 0 aliphatic carbocycles. The van der Waals surface area contributed by atoms with Crippen LogP contribution in [0.3, 0.4) is 0 Å². The van der Waals surface area contributed by atoms with Gasteiger partial charge in [-0.2, -0.15) is 8.42 Å². The van der Waals surface area contributed by atoms with Crippen molar-refractivity contribution in [3.8, 4) is 0 Å². The van der Waals surface area contributed by atoms with Gasteiger partial charge in [0.2, 0.25) is 0 Å². The fraction of sp³-hybridized carbons (Fsp3) is 1.00. The van der Waals surface area contributed by atoms with Gasteiger partial charge in [-0.25, -0.2) is 0 Å². The van der Waals surface area contributed by atoms with E-state index in [9.17, 15) is 8.42 Å². The molecule has 1 rings (SSSR count). The Kier molecular flexibility index (Phi) is 6.76. The Morgan fingerprint density at radius 1 is 1.29 bits per heavy atom. The maximum absolute atomic E-state index is 11.5. The largest absolute Gasteiger partial charge is 0.414 e. The first-order valence-electron chi connectivity index (χ1n) is 8.83. The van der Waals surface area contributed by atoms with Crippen LogP contribution in [0.15, 0.2) is 0 Å². The minimum absolute atomic E-state index is 0.00712. The number of ether oxygens (including phenoxy) is 1. The topological polar surface area (TPSA) is 65.1 Å². The molecule has 0 N–H and O–H groups in total. The summed E-state index contributed by atoms with van der Waals surface area (Å²) in [6.45, 7) is 17.7. The van der Waals surface area contributed by atoms with E-state index in [2.05, 4.69) is 33.9 Å². The first-order chi connectivity index (χ1) is 10.6. The van der Waals surface area contributed by atoms with Crippen LogP contribution >= 0.6 is 0 Å². The molecular weight excluding hydrogens is 344 g/mol. The van der Waals surface area contributed by atoms with Crippen molar-refractivity contribution in [2.45, 2.75) is 90.3 Å². The lowest BCUT2D eigenvalue weighted by Crippen LogP contribution is -2.43. The highest BCUT2D eigenvalue weighted by atomic mass is 32.2. The molecule has 0 bridgehead atoms. The maximum atomic E-state index is 11.5. The molecule has 1 fully saturated rings. The van der Waals surface area contributed by atoms with Crippen molar-refractivity contribution in [2.75, 3.05) is 12.9 Å². The fourth-order valence-electron chi connectivity index (χ4n) is 2.68. The van der Waals surface area contributed by atoms with Gasteiger partial charge in [0.05, 0.1) is 25.1 Å². The van der Waals surface area contributed by atoms with Crippen molar-refractivity contribution in [1.82, 2.24) is 0 Å². The second kappa shape index (κ2) is 7.35. The lowest BCUT2D eigenvalue weighted by Gasteiger charge is -2.36. The summed E-state index contributed by atoms with van der Waals surface area (Å²) in [5.74, 6) is 0.00712. The van der Waals surface area contributed by atoms with Crippen LogP contribution in [0.25, 0.3) is 0 Å². The molecule has 0 unspecified atom stereocenters. The Bertz CT molecular complexity index is 526. The second-order valence-corrected chi connectivity index (χ2v) is 15.3. The zero-order valence-electron chi connectivity index (χ0n) is 16.8. The van der Waals surface area contributed by atoms with Crippen molar-refractivity contribution in [2.24, 2.45) is 5.92 Å².